The quantitative estimate of drug-likeness (QED) is 0.516. The van der Waals surface area contributed by atoms with E-state index in [1.54, 1.807) is 13.1 Å². The smallest absolute Gasteiger partial charge is 0.339 e. The molecule has 0 saturated heterocycles. The van der Waals surface area contributed by atoms with E-state index >= 15 is 0 Å². The lowest BCUT2D eigenvalue weighted by atomic mass is 10.0. The van der Waals surface area contributed by atoms with Crippen molar-refractivity contribution in [1.82, 2.24) is 15.4 Å². The van der Waals surface area contributed by atoms with Gasteiger partial charge in [-0.1, -0.05) is 32.1 Å². The molecule has 0 spiro atoms. The highest BCUT2D eigenvalue weighted by Gasteiger charge is 2.51. The van der Waals surface area contributed by atoms with Crippen LogP contribution in [0.5, 0.6) is 0 Å². The van der Waals surface area contributed by atoms with E-state index in [0.29, 0.717) is 18.4 Å². The SMILES string of the molecule is CN[C@H](/C=C(\C)C(=O)NS(=O)(=O)c1ccc(C2(NC(=O)C(F)(F)F)CC2)cc1)C(C)C. The summed E-state index contributed by atoms with van der Waals surface area (Å²) in [5.41, 5.74) is -0.573. The van der Waals surface area contributed by atoms with Crippen molar-refractivity contribution in [2.24, 2.45) is 5.92 Å². The lowest BCUT2D eigenvalue weighted by Gasteiger charge is -2.19. The molecule has 1 aliphatic rings. The van der Waals surface area contributed by atoms with Crippen molar-refractivity contribution in [2.75, 3.05) is 7.05 Å². The van der Waals surface area contributed by atoms with Gasteiger partial charge in [-0.2, -0.15) is 13.2 Å². The summed E-state index contributed by atoms with van der Waals surface area (Å²) in [6.45, 7) is 5.40. The molecule has 0 aromatic heterocycles. The normalized spacial score (nSPS) is 17.2. The number of carbonyl (C=O) groups is 2. The van der Waals surface area contributed by atoms with Crippen LogP contribution >= 0.6 is 0 Å². The fraction of sp³-hybridized carbons (Fsp3) is 0.500. The molecule has 1 aromatic carbocycles. The molecular formula is C20H26F3N3O4S. The number of sulfonamides is 1. The zero-order valence-corrected chi connectivity index (χ0v) is 18.4. The second-order valence-corrected chi connectivity index (χ2v) is 9.58. The summed E-state index contributed by atoms with van der Waals surface area (Å²) in [6.07, 6.45) is -2.75. The molecule has 1 aromatic rings. The summed E-state index contributed by atoms with van der Waals surface area (Å²) in [5.74, 6) is -2.64. The summed E-state index contributed by atoms with van der Waals surface area (Å²) in [4.78, 5) is 23.4. The molecule has 1 fully saturated rings. The average Bonchev–Trinajstić information content (AvgIpc) is 3.45. The third-order valence-corrected chi connectivity index (χ3v) is 6.49. The van der Waals surface area contributed by atoms with E-state index < -0.39 is 33.6 Å². The van der Waals surface area contributed by atoms with Gasteiger partial charge in [-0.15, -0.1) is 0 Å². The Balaban J connectivity index is 2.14. The third-order valence-electron chi connectivity index (χ3n) is 5.14. The maximum atomic E-state index is 12.5. The van der Waals surface area contributed by atoms with Crippen LogP contribution in [0.3, 0.4) is 0 Å². The molecule has 0 bridgehead atoms. The van der Waals surface area contributed by atoms with Gasteiger partial charge in [0.25, 0.3) is 15.9 Å². The number of rotatable bonds is 8. The van der Waals surface area contributed by atoms with E-state index in [1.807, 2.05) is 23.9 Å². The Bertz CT molecular complexity index is 966. The maximum absolute atomic E-state index is 12.5. The summed E-state index contributed by atoms with van der Waals surface area (Å²) < 4.78 is 64.7. The van der Waals surface area contributed by atoms with Crippen molar-refractivity contribution in [3.63, 3.8) is 0 Å². The zero-order valence-electron chi connectivity index (χ0n) is 17.6. The van der Waals surface area contributed by atoms with Crippen LogP contribution in [-0.2, 0) is 25.2 Å². The number of carbonyl (C=O) groups excluding carboxylic acids is 2. The molecule has 1 saturated carbocycles. The monoisotopic (exact) mass is 461 g/mol. The molecule has 172 valence electrons. The minimum Gasteiger partial charge on any atom is -0.339 e. The molecule has 0 heterocycles. The van der Waals surface area contributed by atoms with Crippen molar-refractivity contribution in [1.29, 1.82) is 0 Å². The minimum absolute atomic E-state index is 0.116. The number of amides is 2. The Kier molecular flexibility index (Phi) is 7.21. The van der Waals surface area contributed by atoms with E-state index in [2.05, 4.69) is 5.32 Å². The van der Waals surface area contributed by atoms with Gasteiger partial charge >= 0.3 is 12.1 Å². The summed E-state index contributed by atoms with van der Waals surface area (Å²) in [5, 5.41) is 4.99. The Morgan fingerprint density at radius 3 is 2.10 bits per heavy atom. The van der Waals surface area contributed by atoms with Gasteiger partial charge in [0.05, 0.1) is 10.4 Å². The van der Waals surface area contributed by atoms with Crippen LogP contribution in [0.25, 0.3) is 0 Å². The van der Waals surface area contributed by atoms with Crippen molar-refractivity contribution in [2.45, 2.75) is 56.3 Å². The second kappa shape index (κ2) is 8.99. The zero-order chi connectivity index (χ0) is 23.6. The van der Waals surface area contributed by atoms with Crippen LogP contribution < -0.4 is 15.4 Å². The highest BCUT2D eigenvalue weighted by molar-refractivity contribution is 7.90. The molecule has 31 heavy (non-hydrogen) atoms. The van der Waals surface area contributed by atoms with Crippen LogP contribution in [0.1, 0.15) is 39.2 Å². The molecule has 1 atom stereocenters. The average molecular weight is 462 g/mol. The first kappa shape index (κ1) is 24.9. The number of benzene rings is 1. The molecule has 0 aliphatic heterocycles. The first-order chi connectivity index (χ1) is 14.2. The van der Waals surface area contributed by atoms with E-state index in [9.17, 15) is 31.2 Å². The number of nitrogens with one attached hydrogen (secondary N) is 3. The lowest BCUT2D eigenvalue weighted by Crippen LogP contribution is -2.43. The maximum Gasteiger partial charge on any atom is 0.471 e. The molecule has 0 radical (unpaired) electrons. The van der Waals surface area contributed by atoms with E-state index in [4.69, 9.17) is 0 Å². The molecule has 2 rings (SSSR count). The fourth-order valence-corrected chi connectivity index (χ4v) is 4.09. The standard InChI is InChI=1S/C20H26F3N3O4S/c1-12(2)16(24-4)11-13(3)17(27)26-31(29,30)15-7-5-14(6-8-15)19(9-10-19)25-18(28)20(21,22)23/h5-8,11-12,16,24H,9-10H2,1-4H3,(H,25,28)(H,26,27)/b13-11+/t16-/m1/s1. The number of alkyl halides is 3. The van der Waals surface area contributed by atoms with Gasteiger partial charge in [-0.3, -0.25) is 9.59 Å². The topological polar surface area (TPSA) is 104 Å². The summed E-state index contributed by atoms with van der Waals surface area (Å²) in [7, 11) is -2.45. The van der Waals surface area contributed by atoms with Gasteiger partial charge in [0.1, 0.15) is 0 Å². The van der Waals surface area contributed by atoms with Gasteiger partial charge < -0.3 is 10.6 Å². The number of halogens is 3. The van der Waals surface area contributed by atoms with Gasteiger partial charge in [0.2, 0.25) is 0 Å². The lowest BCUT2D eigenvalue weighted by molar-refractivity contribution is -0.174. The Labute approximate surface area is 179 Å². The molecule has 2 amide bonds. The predicted octanol–water partition coefficient (Wildman–Crippen LogP) is 2.35. The summed E-state index contributed by atoms with van der Waals surface area (Å²) in [6, 6.07) is 4.93. The van der Waals surface area contributed by atoms with Crippen LogP contribution in [-0.4, -0.2) is 39.5 Å². The highest BCUT2D eigenvalue weighted by atomic mass is 32.2. The predicted molar refractivity (Wildman–Crippen MR) is 108 cm³/mol. The number of hydrogen-bond donors (Lipinski definition) is 3. The first-order valence-corrected chi connectivity index (χ1v) is 11.1. The highest BCUT2D eigenvalue weighted by Crippen LogP contribution is 2.46. The van der Waals surface area contributed by atoms with Crippen molar-refractivity contribution >= 4 is 21.8 Å². The van der Waals surface area contributed by atoms with Gasteiger partial charge in [0, 0.05) is 11.6 Å². The molecular weight excluding hydrogens is 435 g/mol. The van der Waals surface area contributed by atoms with Crippen molar-refractivity contribution in [3.05, 3.63) is 41.5 Å². The molecule has 11 heteroatoms. The van der Waals surface area contributed by atoms with Crippen LogP contribution in [0, 0.1) is 5.92 Å². The van der Waals surface area contributed by atoms with Crippen molar-refractivity contribution in [3.8, 4) is 0 Å². The van der Waals surface area contributed by atoms with E-state index in [0.717, 1.165) is 0 Å². The van der Waals surface area contributed by atoms with Crippen LogP contribution in [0.15, 0.2) is 40.8 Å². The van der Waals surface area contributed by atoms with Gasteiger partial charge in [-0.25, -0.2) is 13.1 Å². The Morgan fingerprint density at radius 2 is 1.68 bits per heavy atom. The Morgan fingerprint density at radius 1 is 1.13 bits per heavy atom. The fourth-order valence-electron chi connectivity index (χ4n) is 3.07. The van der Waals surface area contributed by atoms with Crippen LogP contribution in [0.2, 0.25) is 0 Å². The largest absolute Gasteiger partial charge is 0.471 e. The van der Waals surface area contributed by atoms with Crippen LogP contribution in [0.4, 0.5) is 13.2 Å². The summed E-state index contributed by atoms with van der Waals surface area (Å²) >= 11 is 0. The van der Waals surface area contributed by atoms with Crippen molar-refractivity contribution < 1.29 is 31.2 Å². The first-order valence-electron chi connectivity index (χ1n) is 9.64. The van der Waals surface area contributed by atoms with E-state index in [1.165, 1.54) is 31.2 Å². The molecule has 0 unspecified atom stereocenters. The minimum atomic E-state index is -5.00. The van der Waals surface area contributed by atoms with Gasteiger partial charge in [0.15, 0.2) is 0 Å². The second-order valence-electron chi connectivity index (χ2n) is 7.90. The third kappa shape index (κ3) is 6.07. The van der Waals surface area contributed by atoms with Gasteiger partial charge in [-0.05, 0) is 50.4 Å². The number of likely N-dealkylation sites (N-methyl/N-ethyl adjacent to an activating group) is 1. The molecule has 3 N–H and O–H groups in total. The Hall–Kier alpha value is -2.40. The molecule has 7 nitrogen and oxygen atoms in total. The molecule has 1 aliphatic carbocycles. The van der Waals surface area contributed by atoms with E-state index in [-0.39, 0.29) is 22.4 Å². The number of hydrogen-bond acceptors (Lipinski definition) is 5.